The first-order chi connectivity index (χ1) is 19.3. The van der Waals surface area contributed by atoms with Gasteiger partial charge in [0.05, 0.1) is 13.2 Å². The Bertz CT molecular complexity index is 899. The van der Waals surface area contributed by atoms with Crippen LogP contribution in [0.4, 0.5) is 9.59 Å². The molecule has 0 bridgehead atoms. The quantitative estimate of drug-likeness (QED) is 0.134. The van der Waals surface area contributed by atoms with Gasteiger partial charge in [-0.05, 0) is 56.7 Å². The number of carbonyl (C=O) groups is 2. The SMILES string of the molecule is CCCCCc1cc(OCN(C)C(=O)OCCOC)c(C2C=C(C)CCC2)c(OCN(C)C(=O)OCCOC)c1. The van der Waals surface area contributed by atoms with Crippen LogP contribution in [0, 0.1) is 0 Å². The minimum Gasteiger partial charge on any atom is -0.472 e. The molecule has 0 radical (unpaired) electrons. The Morgan fingerprint density at radius 2 is 1.43 bits per heavy atom. The Balaban J connectivity index is 2.34. The summed E-state index contributed by atoms with van der Waals surface area (Å²) in [4.78, 5) is 27.5. The van der Waals surface area contributed by atoms with Crippen LogP contribution in [0.1, 0.15) is 69.4 Å². The highest BCUT2D eigenvalue weighted by molar-refractivity contribution is 5.67. The maximum atomic E-state index is 12.4. The summed E-state index contributed by atoms with van der Waals surface area (Å²) in [6.07, 6.45) is 8.48. The van der Waals surface area contributed by atoms with E-state index in [9.17, 15) is 9.59 Å². The first-order valence-corrected chi connectivity index (χ1v) is 14.1. The fourth-order valence-electron chi connectivity index (χ4n) is 4.40. The average Bonchev–Trinajstić information content (AvgIpc) is 2.94. The molecule has 1 aromatic carbocycles. The first kappa shape index (κ1) is 33.2. The Morgan fingerprint density at radius 1 is 0.875 bits per heavy atom. The Hall–Kier alpha value is -2.98. The van der Waals surface area contributed by atoms with Gasteiger partial charge in [0.1, 0.15) is 24.7 Å². The number of aryl methyl sites for hydroxylation is 1. The number of ether oxygens (including phenoxy) is 6. The number of unbranched alkanes of at least 4 members (excludes halogenated alkanes) is 2. The monoisotopic (exact) mass is 564 g/mol. The molecule has 226 valence electrons. The summed E-state index contributed by atoms with van der Waals surface area (Å²) in [6, 6.07) is 4.12. The highest BCUT2D eigenvalue weighted by Gasteiger charge is 2.25. The summed E-state index contributed by atoms with van der Waals surface area (Å²) in [5, 5.41) is 0. The molecule has 2 amide bonds. The number of benzene rings is 1. The van der Waals surface area contributed by atoms with Gasteiger partial charge < -0.3 is 28.4 Å². The molecule has 0 spiro atoms. The molecule has 0 aromatic heterocycles. The van der Waals surface area contributed by atoms with Crippen molar-refractivity contribution in [2.24, 2.45) is 0 Å². The van der Waals surface area contributed by atoms with E-state index >= 15 is 0 Å². The van der Waals surface area contributed by atoms with Crippen LogP contribution in [0.5, 0.6) is 11.5 Å². The van der Waals surface area contributed by atoms with E-state index in [0.29, 0.717) is 24.7 Å². The number of nitrogens with zero attached hydrogens (tertiary/aromatic N) is 2. The number of hydrogen-bond donors (Lipinski definition) is 0. The summed E-state index contributed by atoms with van der Waals surface area (Å²) in [5.41, 5.74) is 3.31. The average molecular weight is 565 g/mol. The lowest BCUT2D eigenvalue weighted by molar-refractivity contribution is 0.0584. The minimum absolute atomic E-state index is 0.0117. The molecule has 0 fully saturated rings. The number of methoxy groups -OCH3 is 2. The van der Waals surface area contributed by atoms with Crippen LogP contribution in [0.3, 0.4) is 0 Å². The standard InChI is InChI=1S/C30H48N2O8/c1-7-8-9-12-24-19-26(39-21-31(3)29(33)37-16-14-35-5)28(25-13-10-11-23(2)18-25)27(20-24)40-22-32(4)30(34)38-17-15-36-6/h18-20,25H,7-17,21-22H2,1-6H3. The smallest absolute Gasteiger partial charge is 0.412 e. The zero-order valence-electron chi connectivity index (χ0n) is 25.2. The molecule has 0 aliphatic heterocycles. The number of carbonyl (C=O) groups excluding carboxylic acids is 2. The second kappa shape index (κ2) is 18.4. The van der Waals surface area contributed by atoms with E-state index in [-0.39, 0.29) is 32.6 Å². The van der Waals surface area contributed by atoms with E-state index < -0.39 is 12.2 Å². The van der Waals surface area contributed by atoms with Crippen molar-refractivity contribution in [2.45, 2.75) is 64.7 Å². The van der Waals surface area contributed by atoms with E-state index in [2.05, 4.69) is 32.1 Å². The molecule has 0 saturated carbocycles. The zero-order valence-corrected chi connectivity index (χ0v) is 25.2. The predicted octanol–water partition coefficient (Wildman–Crippen LogP) is 5.74. The molecule has 10 nitrogen and oxygen atoms in total. The lowest BCUT2D eigenvalue weighted by Crippen LogP contribution is -2.33. The fraction of sp³-hybridized carbons (Fsp3) is 0.667. The topological polar surface area (TPSA) is 96.0 Å². The van der Waals surface area contributed by atoms with Crippen molar-refractivity contribution < 1.29 is 38.0 Å². The van der Waals surface area contributed by atoms with Crippen LogP contribution in [0.25, 0.3) is 0 Å². The van der Waals surface area contributed by atoms with Crippen LogP contribution >= 0.6 is 0 Å². The van der Waals surface area contributed by atoms with Crippen molar-refractivity contribution in [3.8, 4) is 11.5 Å². The van der Waals surface area contributed by atoms with Crippen molar-refractivity contribution in [3.05, 3.63) is 34.9 Å². The molecule has 10 heteroatoms. The van der Waals surface area contributed by atoms with Crippen LogP contribution < -0.4 is 9.47 Å². The molecule has 0 N–H and O–H groups in total. The number of allylic oxidation sites excluding steroid dienone is 2. The number of rotatable bonds is 17. The summed E-state index contributed by atoms with van der Waals surface area (Å²) in [6.45, 7) is 5.33. The van der Waals surface area contributed by atoms with E-state index in [1.165, 1.54) is 15.4 Å². The molecule has 2 rings (SSSR count). The van der Waals surface area contributed by atoms with E-state index in [0.717, 1.165) is 56.1 Å². The Labute approximate surface area is 239 Å². The number of hydrogen-bond acceptors (Lipinski definition) is 8. The van der Waals surface area contributed by atoms with Crippen LogP contribution in [0.15, 0.2) is 23.8 Å². The largest absolute Gasteiger partial charge is 0.472 e. The molecule has 1 unspecified atom stereocenters. The molecular weight excluding hydrogens is 516 g/mol. The Morgan fingerprint density at radius 3 is 1.90 bits per heavy atom. The fourth-order valence-corrected chi connectivity index (χ4v) is 4.40. The minimum atomic E-state index is -0.490. The summed E-state index contributed by atoms with van der Waals surface area (Å²) in [5.74, 6) is 1.42. The van der Waals surface area contributed by atoms with E-state index in [1.807, 2.05) is 0 Å². The van der Waals surface area contributed by atoms with Gasteiger partial charge in [0, 0.05) is 39.8 Å². The van der Waals surface area contributed by atoms with Gasteiger partial charge in [-0.2, -0.15) is 0 Å². The van der Waals surface area contributed by atoms with Crippen molar-refractivity contribution >= 4 is 12.2 Å². The molecule has 40 heavy (non-hydrogen) atoms. The van der Waals surface area contributed by atoms with Crippen LogP contribution in [-0.4, -0.2) is 90.2 Å². The van der Waals surface area contributed by atoms with Crippen molar-refractivity contribution in [1.82, 2.24) is 9.80 Å². The molecular formula is C30H48N2O8. The third kappa shape index (κ3) is 11.3. The van der Waals surface area contributed by atoms with Crippen molar-refractivity contribution in [1.29, 1.82) is 0 Å². The van der Waals surface area contributed by atoms with E-state index in [1.54, 1.807) is 28.3 Å². The van der Waals surface area contributed by atoms with Crippen LogP contribution in [-0.2, 0) is 25.4 Å². The van der Waals surface area contributed by atoms with Crippen molar-refractivity contribution in [2.75, 3.05) is 68.2 Å². The predicted molar refractivity (Wildman–Crippen MR) is 153 cm³/mol. The second-order valence-electron chi connectivity index (χ2n) is 10.1. The summed E-state index contributed by atoms with van der Waals surface area (Å²) in [7, 11) is 6.37. The maximum absolute atomic E-state index is 12.4. The molecule has 1 aliphatic rings. The van der Waals surface area contributed by atoms with Gasteiger partial charge in [0.25, 0.3) is 0 Å². The van der Waals surface area contributed by atoms with Gasteiger partial charge >= 0.3 is 12.2 Å². The van der Waals surface area contributed by atoms with E-state index in [4.69, 9.17) is 28.4 Å². The highest BCUT2D eigenvalue weighted by atomic mass is 16.6. The first-order valence-electron chi connectivity index (χ1n) is 14.1. The highest BCUT2D eigenvalue weighted by Crippen LogP contribution is 2.43. The molecule has 1 atom stereocenters. The zero-order chi connectivity index (χ0) is 29.3. The van der Waals surface area contributed by atoms with Crippen molar-refractivity contribution in [3.63, 3.8) is 0 Å². The van der Waals surface area contributed by atoms with Gasteiger partial charge in [-0.1, -0.05) is 31.4 Å². The summed E-state index contributed by atoms with van der Waals surface area (Å²) < 4.78 is 32.9. The normalized spacial score (nSPS) is 14.8. The van der Waals surface area contributed by atoms with Crippen LogP contribution in [0.2, 0.25) is 0 Å². The third-order valence-electron chi connectivity index (χ3n) is 6.65. The molecule has 1 aromatic rings. The molecule has 1 aliphatic carbocycles. The van der Waals surface area contributed by atoms with Gasteiger partial charge in [-0.25, -0.2) is 9.59 Å². The van der Waals surface area contributed by atoms with Gasteiger partial charge in [-0.15, -0.1) is 0 Å². The van der Waals surface area contributed by atoms with Gasteiger partial charge in [0.15, 0.2) is 13.5 Å². The molecule has 0 saturated heterocycles. The van der Waals surface area contributed by atoms with Gasteiger partial charge in [-0.3, -0.25) is 9.80 Å². The number of amides is 2. The second-order valence-corrected chi connectivity index (χ2v) is 10.1. The summed E-state index contributed by atoms with van der Waals surface area (Å²) >= 11 is 0. The van der Waals surface area contributed by atoms with Gasteiger partial charge in [0.2, 0.25) is 0 Å². The lowest BCUT2D eigenvalue weighted by Gasteiger charge is -2.27. The maximum Gasteiger partial charge on any atom is 0.412 e. The third-order valence-corrected chi connectivity index (χ3v) is 6.65. The Kier molecular flexibility index (Phi) is 15.3. The lowest BCUT2D eigenvalue weighted by atomic mass is 9.84. The molecule has 0 heterocycles.